The van der Waals surface area contributed by atoms with Crippen LogP contribution in [0.5, 0.6) is 0 Å². The lowest BCUT2D eigenvalue weighted by Crippen LogP contribution is -2.42. The number of nitrogens with two attached hydrogens (primary N) is 1. The molecule has 2 saturated heterocycles. The number of anilines is 1. The molecule has 1 aromatic rings. The van der Waals surface area contributed by atoms with E-state index in [1.807, 2.05) is 11.8 Å². The van der Waals surface area contributed by atoms with Gasteiger partial charge in [-0.1, -0.05) is 23.2 Å². The van der Waals surface area contributed by atoms with Gasteiger partial charge in [-0.3, -0.25) is 9.59 Å². The lowest BCUT2D eigenvalue weighted by molar-refractivity contribution is -0.140. The zero-order valence-corrected chi connectivity index (χ0v) is 16.3. The van der Waals surface area contributed by atoms with Crippen LogP contribution in [0, 0.1) is 11.8 Å². The van der Waals surface area contributed by atoms with E-state index in [-0.39, 0.29) is 30.3 Å². The van der Waals surface area contributed by atoms with Crippen molar-refractivity contribution in [3.63, 3.8) is 0 Å². The van der Waals surface area contributed by atoms with Gasteiger partial charge in [0.1, 0.15) is 5.92 Å². The number of hydrogen-bond acceptors (Lipinski definition) is 3. The Morgan fingerprint density at radius 1 is 1.32 bits per heavy atom. The van der Waals surface area contributed by atoms with Crippen molar-refractivity contribution in [2.24, 2.45) is 17.6 Å². The van der Waals surface area contributed by atoms with Crippen LogP contribution in [0.3, 0.4) is 0 Å². The number of rotatable bonds is 3. The Morgan fingerprint density at radius 2 is 2.04 bits per heavy atom. The van der Waals surface area contributed by atoms with Gasteiger partial charge in [-0.05, 0) is 50.4 Å². The van der Waals surface area contributed by atoms with Crippen LogP contribution in [0.1, 0.15) is 19.8 Å². The van der Waals surface area contributed by atoms with Gasteiger partial charge in [0.15, 0.2) is 0 Å². The fraction of sp³-hybridized carbons (Fsp3) is 0.529. The van der Waals surface area contributed by atoms with Crippen LogP contribution in [-0.2, 0) is 9.59 Å². The van der Waals surface area contributed by atoms with Gasteiger partial charge in [-0.15, -0.1) is 12.4 Å². The Bertz CT molecular complexity index is 671. The van der Waals surface area contributed by atoms with Crippen molar-refractivity contribution >= 4 is 53.1 Å². The maximum Gasteiger partial charge on any atom is 0.239 e. The summed E-state index contributed by atoms with van der Waals surface area (Å²) in [5, 5.41) is 0.842. The van der Waals surface area contributed by atoms with Crippen LogP contribution in [0.25, 0.3) is 0 Å². The highest BCUT2D eigenvalue weighted by Gasteiger charge is 2.43. The van der Waals surface area contributed by atoms with Crippen molar-refractivity contribution in [1.29, 1.82) is 0 Å². The first-order valence-corrected chi connectivity index (χ1v) is 8.95. The second kappa shape index (κ2) is 8.12. The SMILES string of the molecule is CC1CC(CN)CN1C(=O)C1CCN(c2ccc(Cl)c(Cl)c2)C1=O.Cl. The summed E-state index contributed by atoms with van der Waals surface area (Å²) in [7, 11) is 0. The molecule has 138 valence electrons. The van der Waals surface area contributed by atoms with E-state index in [0.717, 1.165) is 6.42 Å². The maximum absolute atomic E-state index is 12.8. The Kier molecular flexibility index (Phi) is 6.60. The topological polar surface area (TPSA) is 66.6 Å². The zero-order chi connectivity index (χ0) is 17.4. The van der Waals surface area contributed by atoms with Gasteiger partial charge in [0, 0.05) is 24.8 Å². The number of amides is 2. The standard InChI is InChI=1S/C17H21Cl2N3O2.ClH/c1-10-6-11(8-20)9-22(10)17(24)13-4-5-21(16(13)23)12-2-3-14(18)15(19)7-12;/h2-3,7,10-11,13H,4-6,8-9,20H2,1H3;1H. The summed E-state index contributed by atoms with van der Waals surface area (Å²) in [5.41, 5.74) is 6.41. The lowest BCUT2D eigenvalue weighted by Gasteiger charge is -2.24. The van der Waals surface area contributed by atoms with Crippen molar-refractivity contribution in [2.45, 2.75) is 25.8 Å². The first-order valence-electron chi connectivity index (χ1n) is 8.19. The van der Waals surface area contributed by atoms with E-state index in [2.05, 4.69) is 0 Å². The third kappa shape index (κ3) is 3.90. The summed E-state index contributed by atoms with van der Waals surface area (Å²) in [5.74, 6) is -0.530. The Balaban J connectivity index is 0.00000225. The molecule has 5 nitrogen and oxygen atoms in total. The Hall–Kier alpha value is -1.01. The van der Waals surface area contributed by atoms with Gasteiger partial charge in [0.2, 0.25) is 11.8 Å². The number of likely N-dealkylation sites (tertiary alicyclic amines) is 1. The quantitative estimate of drug-likeness (QED) is 0.785. The molecule has 0 spiro atoms. The van der Waals surface area contributed by atoms with Gasteiger partial charge in [-0.25, -0.2) is 0 Å². The molecule has 0 radical (unpaired) electrons. The first kappa shape index (κ1) is 20.3. The van der Waals surface area contributed by atoms with E-state index in [1.54, 1.807) is 23.1 Å². The molecule has 3 unspecified atom stereocenters. The van der Waals surface area contributed by atoms with E-state index in [0.29, 0.717) is 47.7 Å². The number of hydrogen-bond donors (Lipinski definition) is 1. The summed E-state index contributed by atoms with van der Waals surface area (Å²) in [6.07, 6.45) is 1.42. The largest absolute Gasteiger partial charge is 0.339 e. The van der Waals surface area contributed by atoms with E-state index in [9.17, 15) is 9.59 Å². The number of carbonyl (C=O) groups excluding carboxylic acids is 2. The van der Waals surface area contributed by atoms with Crippen molar-refractivity contribution < 1.29 is 9.59 Å². The molecule has 0 saturated carbocycles. The number of carbonyl (C=O) groups is 2. The molecule has 3 atom stereocenters. The van der Waals surface area contributed by atoms with Crippen molar-refractivity contribution in [3.8, 4) is 0 Å². The zero-order valence-electron chi connectivity index (χ0n) is 14.0. The molecule has 2 amide bonds. The second-order valence-corrected chi connectivity index (χ2v) is 7.42. The molecule has 2 aliphatic rings. The molecule has 2 N–H and O–H groups in total. The van der Waals surface area contributed by atoms with Crippen LogP contribution in [0.15, 0.2) is 18.2 Å². The summed E-state index contributed by atoms with van der Waals surface area (Å²) in [4.78, 5) is 29.0. The van der Waals surface area contributed by atoms with E-state index >= 15 is 0 Å². The molecule has 2 heterocycles. The summed E-state index contributed by atoms with van der Waals surface area (Å²) in [6.45, 7) is 3.74. The van der Waals surface area contributed by atoms with E-state index in [4.69, 9.17) is 28.9 Å². The monoisotopic (exact) mass is 405 g/mol. The normalized spacial score (nSPS) is 26.1. The molecule has 0 bridgehead atoms. The molecule has 2 fully saturated rings. The molecule has 8 heteroatoms. The minimum Gasteiger partial charge on any atom is -0.339 e. The first-order chi connectivity index (χ1) is 11.4. The van der Waals surface area contributed by atoms with Crippen LogP contribution in [-0.4, -0.2) is 42.4 Å². The van der Waals surface area contributed by atoms with Gasteiger partial charge in [-0.2, -0.15) is 0 Å². The van der Waals surface area contributed by atoms with Gasteiger partial charge >= 0.3 is 0 Å². The number of halogens is 3. The summed E-state index contributed by atoms with van der Waals surface area (Å²) in [6, 6.07) is 5.22. The lowest BCUT2D eigenvalue weighted by atomic mass is 10.1. The molecule has 2 aliphatic heterocycles. The van der Waals surface area contributed by atoms with E-state index in [1.165, 1.54) is 0 Å². The molecule has 0 aromatic heterocycles. The smallest absolute Gasteiger partial charge is 0.239 e. The third-order valence-corrected chi connectivity index (χ3v) is 5.74. The Labute approximate surface area is 163 Å². The minimum absolute atomic E-state index is 0. The van der Waals surface area contributed by atoms with Gasteiger partial charge < -0.3 is 15.5 Å². The predicted molar refractivity (Wildman–Crippen MR) is 103 cm³/mol. The predicted octanol–water partition coefficient (Wildman–Crippen LogP) is 2.96. The van der Waals surface area contributed by atoms with Crippen LogP contribution < -0.4 is 10.6 Å². The second-order valence-electron chi connectivity index (χ2n) is 6.61. The average Bonchev–Trinajstić information content (AvgIpc) is 3.12. The number of nitrogens with zero attached hydrogens (tertiary/aromatic N) is 2. The summed E-state index contributed by atoms with van der Waals surface area (Å²) < 4.78 is 0. The molecular weight excluding hydrogens is 385 g/mol. The van der Waals surface area contributed by atoms with Crippen LogP contribution >= 0.6 is 35.6 Å². The third-order valence-electron chi connectivity index (χ3n) is 5.00. The highest BCUT2D eigenvalue weighted by atomic mass is 35.5. The molecule has 3 rings (SSSR count). The summed E-state index contributed by atoms with van der Waals surface area (Å²) >= 11 is 12.0. The Morgan fingerprint density at radius 3 is 2.64 bits per heavy atom. The molecular formula is C17H22Cl3N3O2. The van der Waals surface area contributed by atoms with Gasteiger partial charge in [0.25, 0.3) is 0 Å². The van der Waals surface area contributed by atoms with Crippen LogP contribution in [0.4, 0.5) is 5.69 Å². The van der Waals surface area contributed by atoms with Crippen LogP contribution in [0.2, 0.25) is 10.0 Å². The molecule has 0 aliphatic carbocycles. The van der Waals surface area contributed by atoms with Crippen molar-refractivity contribution in [1.82, 2.24) is 4.90 Å². The molecule has 1 aromatic carbocycles. The average molecular weight is 407 g/mol. The highest BCUT2D eigenvalue weighted by molar-refractivity contribution is 6.42. The molecule has 25 heavy (non-hydrogen) atoms. The fourth-order valence-electron chi connectivity index (χ4n) is 3.64. The maximum atomic E-state index is 12.8. The van der Waals surface area contributed by atoms with E-state index < -0.39 is 5.92 Å². The van der Waals surface area contributed by atoms with Gasteiger partial charge in [0.05, 0.1) is 10.0 Å². The fourth-order valence-corrected chi connectivity index (χ4v) is 3.93. The minimum atomic E-state index is -0.613. The number of benzene rings is 1. The van der Waals surface area contributed by atoms with Crippen molar-refractivity contribution in [2.75, 3.05) is 24.5 Å². The van der Waals surface area contributed by atoms with Crippen molar-refractivity contribution in [3.05, 3.63) is 28.2 Å². The highest BCUT2D eigenvalue weighted by Crippen LogP contribution is 2.33.